The number of aromatic nitrogens is 1. The smallest absolute Gasteiger partial charge is 0.0582 e. The van der Waals surface area contributed by atoms with E-state index in [2.05, 4.69) is 41.8 Å². The summed E-state index contributed by atoms with van der Waals surface area (Å²) in [5, 5.41) is 1.24. The minimum Gasteiger partial charge on any atom is -0.340 e. The van der Waals surface area contributed by atoms with Crippen LogP contribution in [0.1, 0.15) is 12.5 Å². The molecule has 0 spiro atoms. The van der Waals surface area contributed by atoms with E-state index in [4.69, 9.17) is 0 Å². The van der Waals surface area contributed by atoms with Gasteiger partial charge in [0.25, 0.3) is 0 Å². The maximum Gasteiger partial charge on any atom is 0.0582 e. The van der Waals surface area contributed by atoms with Crippen molar-refractivity contribution in [1.82, 2.24) is 4.57 Å². The number of rotatable bonds is 1. The van der Waals surface area contributed by atoms with Crippen molar-refractivity contribution in [2.24, 2.45) is 0 Å². The summed E-state index contributed by atoms with van der Waals surface area (Å²) in [5.41, 5.74) is 4.86. The van der Waals surface area contributed by atoms with E-state index in [1.54, 1.807) is 0 Å². The lowest BCUT2D eigenvalue weighted by molar-refractivity contribution is 0.681. The van der Waals surface area contributed by atoms with Gasteiger partial charge in [-0.3, -0.25) is 4.21 Å². The second kappa shape index (κ2) is 4.32. The van der Waals surface area contributed by atoms with Gasteiger partial charge in [0.2, 0.25) is 0 Å². The van der Waals surface area contributed by atoms with Gasteiger partial charge in [-0.2, -0.15) is 0 Å². The Bertz CT molecular complexity index is 847. The minimum atomic E-state index is -0.935. The first-order valence-corrected chi connectivity index (χ1v) is 8.21. The van der Waals surface area contributed by atoms with Gasteiger partial charge in [-0.25, -0.2) is 0 Å². The molecule has 0 amide bonds. The highest BCUT2D eigenvalue weighted by Crippen LogP contribution is 2.41. The quantitative estimate of drug-likeness (QED) is 0.662. The van der Waals surface area contributed by atoms with Crippen LogP contribution in [0.25, 0.3) is 22.2 Å². The average molecular weight is 281 g/mol. The summed E-state index contributed by atoms with van der Waals surface area (Å²) in [6.45, 7) is 3.09. The number of para-hydroxylation sites is 1. The van der Waals surface area contributed by atoms with Gasteiger partial charge in [-0.15, -0.1) is 0 Å². The zero-order valence-electron chi connectivity index (χ0n) is 11.3. The molecule has 100 valence electrons. The third-order valence-electron chi connectivity index (χ3n) is 4.05. The SMILES string of the molecule is CCn1c2c(c3ccccc31)CS(=O)c1ccccc1-2. The van der Waals surface area contributed by atoms with E-state index in [9.17, 15) is 4.21 Å². The summed E-state index contributed by atoms with van der Waals surface area (Å²) in [7, 11) is -0.935. The van der Waals surface area contributed by atoms with Crippen molar-refractivity contribution in [2.75, 3.05) is 0 Å². The molecule has 2 nitrogen and oxygen atoms in total. The Labute approximate surface area is 120 Å². The summed E-state index contributed by atoms with van der Waals surface area (Å²) in [4.78, 5) is 0.970. The van der Waals surface area contributed by atoms with Crippen LogP contribution in [0.5, 0.6) is 0 Å². The van der Waals surface area contributed by atoms with Crippen LogP contribution in [-0.2, 0) is 23.1 Å². The summed E-state index contributed by atoms with van der Waals surface area (Å²) in [5.74, 6) is 0.625. The van der Waals surface area contributed by atoms with Crippen molar-refractivity contribution < 1.29 is 4.21 Å². The molecule has 1 aliphatic heterocycles. The van der Waals surface area contributed by atoms with Crippen molar-refractivity contribution in [1.29, 1.82) is 0 Å². The molecular weight excluding hydrogens is 266 g/mol. The highest BCUT2D eigenvalue weighted by atomic mass is 32.2. The van der Waals surface area contributed by atoms with E-state index in [0.29, 0.717) is 5.75 Å². The van der Waals surface area contributed by atoms with Crippen LogP contribution in [0.3, 0.4) is 0 Å². The molecule has 3 aromatic rings. The van der Waals surface area contributed by atoms with Gasteiger partial charge in [0.1, 0.15) is 0 Å². The van der Waals surface area contributed by atoms with Crippen LogP contribution in [0.4, 0.5) is 0 Å². The molecule has 0 N–H and O–H groups in total. The summed E-state index contributed by atoms with van der Waals surface area (Å²) >= 11 is 0. The maximum atomic E-state index is 12.5. The van der Waals surface area contributed by atoms with E-state index in [1.165, 1.54) is 22.2 Å². The van der Waals surface area contributed by atoms with Crippen molar-refractivity contribution in [3.63, 3.8) is 0 Å². The summed E-state index contributed by atoms with van der Waals surface area (Å²) in [6.07, 6.45) is 0. The van der Waals surface area contributed by atoms with Gasteiger partial charge in [0.05, 0.1) is 22.2 Å². The first-order valence-electron chi connectivity index (χ1n) is 6.89. The lowest BCUT2D eigenvalue weighted by Gasteiger charge is -2.18. The van der Waals surface area contributed by atoms with Crippen molar-refractivity contribution in [3.8, 4) is 11.3 Å². The molecule has 2 heterocycles. The molecule has 0 bridgehead atoms. The fourth-order valence-corrected chi connectivity index (χ4v) is 4.58. The molecule has 1 atom stereocenters. The van der Waals surface area contributed by atoms with E-state index in [1.807, 2.05) is 18.2 Å². The van der Waals surface area contributed by atoms with Gasteiger partial charge >= 0.3 is 0 Å². The summed E-state index contributed by atoms with van der Waals surface area (Å²) < 4.78 is 14.8. The minimum absolute atomic E-state index is 0.625. The van der Waals surface area contributed by atoms with E-state index in [-0.39, 0.29) is 0 Å². The fraction of sp³-hybridized carbons (Fsp3) is 0.176. The predicted molar refractivity (Wildman–Crippen MR) is 83.2 cm³/mol. The van der Waals surface area contributed by atoms with Gasteiger partial charge in [-0.1, -0.05) is 36.4 Å². The molecule has 4 rings (SSSR count). The van der Waals surface area contributed by atoms with Crippen LogP contribution in [0, 0.1) is 0 Å². The standard InChI is InChI=1S/C17H15NOS/c1-2-18-15-9-5-3-7-12(15)14-11-20(19)16-10-6-4-8-13(16)17(14)18/h3-10H,2,11H2,1H3. The van der Waals surface area contributed by atoms with Crippen LogP contribution < -0.4 is 0 Å². The monoisotopic (exact) mass is 281 g/mol. The number of nitrogens with zero attached hydrogens (tertiary/aromatic N) is 1. The van der Waals surface area contributed by atoms with Crippen molar-refractivity contribution >= 4 is 21.7 Å². The highest BCUT2D eigenvalue weighted by molar-refractivity contribution is 7.84. The molecule has 0 saturated heterocycles. The molecule has 0 saturated carbocycles. The van der Waals surface area contributed by atoms with Gasteiger partial charge in [-0.05, 0) is 24.6 Å². The fourth-order valence-electron chi connectivity index (χ4n) is 3.23. The number of benzene rings is 2. The molecule has 1 aliphatic rings. The molecule has 2 aromatic carbocycles. The zero-order chi connectivity index (χ0) is 13.7. The van der Waals surface area contributed by atoms with Crippen molar-refractivity contribution in [2.45, 2.75) is 24.1 Å². The topological polar surface area (TPSA) is 22.0 Å². The van der Waals surface area contributed by atoms with Gasteiger partial charge < -0.3 is 4.57 Å². The maximum absolute atomic E-state index is 12.5. The van der Waals surface area contributed by atoms with E-state index < -0.39 is 10.8 Å². The van der Waals surface area contributed by atoms with E-state index >= 15 is 0 Å². The lowest BCUT2D eigenvalue weighted by Crippen LogP contribution is -2.08. The first kappa shape index (κ1) is 11.9. The number of fused-ring (bicyclic) bond motifs is 5. The number of hydrogen-bond acceptors (Lipinski definition) is 1. The van der Waals surface area contributed by atoms with Gasteiger partial charge in [0, 0.05) is 27.9 Å². The Morgan fingerprint density at radius 2 is 1.85 bits per heavy atom. The normalized spacial score (nSPS) is 16.9. The van der Waals surface area contributed by atoms with Crippen molar-refractivity contribution in [3.05, 3.63) is 54.1 Å². The second-order valence-electron chi connectivity index (χ2n) is 5.07. The summed E-state index contributed by atoms with van der Waals surface area (Å²) in [6, 6.07) is 16.5. The third-order valence-corrected chi connectivity index (χ3v) is 5.45. The Morgan fingerprint density at radius 3 is 2.70 bits per heavy atom. The largest absolute Gasteiger partial charge is 0.340 e. The lowest BCUT2D eigenvalue weighted by atomic mass is 10.1. The van der Waals surface area contributed by atoms with E-state index in [0.717, 1.165) is 17.0 Å². The van der Waals surface area contributed by atoms with Crippen LogP contribution in [0.15, 0.2) is 53.4 Å². The third kappa shape index (κ3) is 1.47. The molecular formula is C17H15NOS. The molecule has 1 unspecified atom stereocenters. The first-order chi connectivity index (χ1) is 9.81. The van der Waals surface area contributed by atoms with Crippen LogP contribution in [-0.4, -0.2) is 8.78 Å². The number of aryl methyl sites for hydroxylation is 1. The molecule has 3 heteroatoms. The zero-order valence-corrected chi connectivity index (χ0v) is 12.1. The molecule has 0 fully saturated rings. The Kier molecular flexibility index (Phi) is 2.57. The predicted octanol–water partition coefficient (Wildman–Crippen LogP) is 3.95. The van der Waals surface area contributed by atoms with Crippen LogP contribution in [0.2, 0.25) is 0 Å². The Morgan fingerprint density at radius 1 is 1.10 bits per heavy atom. The molecule has 20 heavy (non-hydrogen) atoms. The van der Waals surface area contributed by atoms with Crippen LogP contribution >= 0.6 is 0 Å². The highest BCUT2D eigenvalue weighted by Gasteiger charge is 2.27. The second-order valence-corrected chi connectivity index (χ2v) is 6.49. The Hall–Kier alpha value is -1.87. The molecule has 0 aliphatic carbocycles. The number of hydrogen-bond donors (Lipinski definition) is 0. The molecule has 1 aromatic heterocycles. The Balaban J connectivity index is 2.18. The average Bonchev–Trinajstić information content (AvgIpc) is 2.82. The molecule has 0 radical (unpaired) electrons. The van der Waals surface area contributed by atoms with Gasteiger partial charge in [0.15, 0.2) is 0 Å².